The van der Waals surface area contributed by atoms with Crippen LogP contribution in [0, 0.1) is 0 Å². The van der Waals surface area contributed by atoms with E-state index in [1.165, 1.54) is 0 Å². The molecule has 2 N–H and O–H groups in total. The molecule has 0 spiro atoms. The monoisotopic (exact) mass is 592 g/mol. The number of aromatic nitrogens is 2. The summed E-state index contributed by atoms with van der Waals surface area (Å²) < 4.78 is 0. The van der Waals surface area contributed by atoms with Crippen LogP contribution in [0.5, 0.6) is 5.75 Å². The Morgan fingerprint density at radius 3 is 2.49 bits per heavy atom. The van der Waals surface area contributed by atoms with Gasteiger partial charge < -0.3 is 25.1 Å². The molecule has 0 bridgehead atoms. The highest BCUT2D eigenvalue weighted by Gasteiger charge is 2.24. The van der Waals surface area contributed by atoms with Gasteiger partial charge in [-0.05, 0) is 46.4 Å². The van der Waals surface area contributed by atoms with Gasteiger partial charge in [0.1, 0.15) is 11.6 Å². The minimum atomic E-state index is 0.00495. The maximum Gasteiger partial charge on any atom is 0.225 e. The van der Waals surface area contributed by atoms with Crippen molar-refractivity contribution in [2.75, 3.05) is 62.8 Å². The van der Waals surface area contributed by atoms with E-state index in [-0.39, 0.29) is 17.6 Å². The molecule has 4 aromatic rings. The van der Waals surface area contributed by atoms with Gasteiger partial charge in [-0.15, -0.1) is 0 Å². The van der Waals surface area contributed by atoms with E-state index in [2.05, 4.69) is 22.8 Å². The van der Waals surface area contributed by atoms with Crippen LogP contribution in [0.4, 0.5) is 11.8 Å². The van der Waals surface area contributed by atoms with Crippen LogP contribution in [0.1, 0.15) is 12.8 Å². The van der Waals surface area contributed by atoms with E-state index in [9.17, 15) is 14.7 Å². The van der Waals surface area contributed by atoms with Crippen LogP contribution in [0.25, 0.3) is 32.8 Å². The number of nitrogens with one attached hydrogen (secondary N) is 1. The standard InChI is InChI=1S/C30H33ClN6O3S/c1-35(2)27(39)7-9-32-30-33-26-18-23(22-16-20(38)15-19-5-3-4-6-21(19)22)25(31)17-24(26)29(34-30)37-12-10-36(11-13-37)28(40)8-14-41/h3-6,15-18,38,41H,7-14H2,1-2H3,(H,32,33,34). The van der Waals surface area contributed by atoms with Gasteiger partial charge >= 0.3 is 0 Å². The molecule has 0 radical (unpaired) electrons. The van der Waals surface area contributed by atoms with Gasteiger partial charge in [-0.3, -0.25) is 9.59 Å². The number of hydrogen-bond donors (Lipinski definition) is 3. The van der Waals surface area contributed by atoms with Gasteiger partial charge in [0, 0.05) is 75.6 Å². The molecule has 1 aromatic heterocycles. The summed E-state index contributed by atoms with van der Waals surface area (Å²) in [7, 11) is 3.45. The minimum absolute atomic E-state index is 0.00495. The lowest BCUT2D eigenvalue weighted by atomic mass is 9.96. The van der Waals surface area contributed by atoms with E-state index < -0.39 is 0 Å². The quantitative estimate of drug-likeness (QED) is 0.256. The lowest BCUT2D eigenvalue weighted by Gasteiger charge is -2.36. The molecular formula is C30H33ClN6O3S. The van der Waals surface area contributed by atoms with Crippen molar-refractivity contribution in [3.05, 3.63) is 53.6 Å². The summed E-state index contributed by atoms with van der Waals surface area (Å²) in [5.74, 6) is 1.90. The van der Waals surface area contributed by atoms with Crippen molar-refractivity contribution in [3.8, 4) is 16.9 Å². The predicted molar refractivity (Wildman–Crippen MR) is 168 cm³/mol. The van der Waals surface area contributed by atoms with Gasteiger partial charge in [-0.1, -0.05) is 35.9 Å². The topological polar surface area (TPSA) is 102 Å². The van der Waals surface area contributed by atoms with Gasteiger partial charge in [0.25, 0.3) is 0 Å². The first kappa shape index (κ1) is 28.8. The molecule has 41 heavy (non-hydrogen) atoms. The molecule has 1 aliphatic rings. The fourth-order valence-corrected chi connectivity index (χ4v) is 5.56. The number of hydrogen-bond acceptors (Lipinski definition) is 8. The molecule has 1 saturated heterocycles. The Hall–Kier alpha value is -3.76. The zero-order valence-corrected chi connectivity index (χ0v) is 24.8. The predicted octanol–water partition coefficient (Wildman–Crippen LogP) is 4.67. The second kappa shape index (κ2) is 12.4. The van der Waals surface area contributed by atoms with Gasteiger partial charge in [-0.2, -0.15) is 17.6 Å². The van der Waals surface area contributed by atoms with Crippen molar-refractivity contribution < 1.29 is 14.7 Å². The first-order valence-electron chi connectivity index (χ1n) is 13.6. The Morgan fingerprint density at radius 1 is 1.00 bits per heavy atom. The number of amides is 2. The number of rotatable bonds is 8. The summed E-state index contributed by atoms with van der Waals surface area (Å²) in [4.78, 5) is 39.8. The van der Waals surface area contributed by atoms with Crippen molar-refractivity contribution in [1.82, 2.24) is 19.8 Å². The molecule has 3 aromatic carbocycles. The average molecular weight is 593 g/mol. The van der Waals surface area contributed by atoms with E-state index in [0.717, 1.165) is 27.3 Å². The molecule has 9 nitrogen and oxygen atoms in total. The molecule has 0 saturated carbocycles. The van der Waals surface area contributed by atoms with Crippen LogP contribution in [0.2, 0.25) is 5.02 Å². The van der Waals surface area contributed by atoms with Gasteiger partial charge in [0.2, 0.25) is 17.8 Å². The smallest absolute Gasteiger partial charge is 0.225 e. The van der Waals surface area contributed by atoms with Gasteiger partial charge in [0.05, 0.1) is 5.52 Å². The molecule has 0 unspecified atom stereocenters. The van der Waals surface area contributed by atoms with E-state index in [1.807, 2.05) is 41.3 Å². The Kier molecular flexibility index (Phi) is 8.70. The average Bonchev–Trinajstić information content (AvgIpc) is 2.96. The Bertz CT molecular complexity index is 1610. The number of thiol groups is 1. The van der Waals surface area contributed by atoms with E-state index in [1.54, 1.807) is 31.1 Å². The highest BCUT2D eigenvalue weighted by atomic mass is 35.5. The summed E-state index contributed by atoms with van der Waals surface area (Å²) in [6.45, 7) is 2.77. The van der Waals surface area contributed by atoms with Crippen molar-refractivity contribution in [1.29, 1.82) is 0 Å². The van der Waals surface area contributed by atoms with Crippen LogP contribution >= 0.6 is 24.2 Å². The van der Waals surface area contributed by atoms with E-state index in [0.29, 0.717) is 73.6 Å². The number of phenolic OH excluding ortho intramolecular Hbond substituents is 1. The number of carbonyl (C=O) groups excluding carboxylic acids is 2. The molecule has 1 aliphatic heterocycles. The molecule has 0 atom stereocenters. The molecular weight excluding hydrogens is 560 g/mol. The third-order valence-corrected chi connectivity index (χ3v) is 7.82. The number of nitrogens with zero attached hydrogens (tertiary/aromatic N) is 5. The summed E-state index contributed by atoms with van der Waals surface area (Å²) in [5.41, 5.74) is 2.22. The number of carbonyl (C=O) groups is 2. The molecule has 2 heterocycles. The van der Waals surface area contributed by atoms with Crippen molar-refractivity contribution in [3.63, 3.8) is 0 Å². The number of anilines is 2. The van der Waals surface area contributed by atoms with Crippen LogP contribution in [0.15, 0.2) is 48.5 Å². The maximum atomic E-state index is 12.4. The summed E-state index contributed by atoms with van der Waals surface area (Å²) in [6.07, 6.45) is 0.720. The second-order valence-corrected chi connectivity index (χ2v) is 11.1. The number of fused-ring (bicyclic) bond motifs is 2. The van der Waals surface area contributed by atoms with Gasteiger partial charge in [0.15, 0.2) is 0 Å². The SMILES string of the molecule is CN(C)C(=O)CCNc1nc(N2CCN(C(=O)CCS)CC2)c2cc(Cl)c(-c3cc(O)cc4ccccc34)cc2n1. The third kappa shape index (κ3) is 6.28. The normalized spacial score (nSPS) is 13.6. The minimum Gasteiger partial charge on any atom is -0.508 e. The number of halogens is 1. The Morgan fingerprint density at radius 2 is 1.76 bits per heavy atom. The summed E-state index contributed by atoms with van der Waals surface area (Å²) in [5, 5.41) is 16.8. The summed E-state index contributed by atoms with van der Waals surface area (Å²) >= 11 is 11.1. The van der Waals surface area contributed by atoms with Crippen molar-refractivity contribution in [2.24, 2.45) is 0 Å². The molecule has 2 amide bonds. The zero-order chi connectivity index (χ0) is 29.1. The lowest BCUT2D eigenvalue weighted by molar-refractivity contribution is -0.131. The first-order chi connectivity index (χ1) is 19.7. The van der Waals surface area contributed by atoms with Crippen LogP contribution in [-0.4, -0.2) is 89.3 Å². The van der Waals surface area contributed by atoms with Crippen molar-refractivity contribution >= 4 is 69.5 Å². The van der Waals surface area contributed by atoms with Crippen LogP contribution < -0.4 is 10.2 Å². The first-order valence-corrected chi connectivity index (χ1v) is 14.6. The van der Waals surface area contributed by atoms with E-state index in [4.69, 9.17) is 21.6 Å². The van der Waals surface area contributed by atoms with Crippen LogP contribution in [0.3, 0.4) is 0 Å². The molecule has 11 heteroatoms. The number of piperazine rings is 1. The largest absolute Gasteiger partial charge is 0.508 e. The lowest BCUT2D eigenvalue weighted by Crippen LogP contribution is -2.49. The number of benzene rings is 3. The fourth-order valence-electron chi connectivity index (χ4n) is 5.10. The van der Waals surface area contributed by atoms with E-state index >= 15 is 0 Å². The molecule has 214 valence electrons. The maximum absolute atomic E-state index is 12.4. The highest BCUT2D eigenvalue weighted by Crippen LogP contribution is 2.40. The Labute approximate surface area is 249 Å². The Balaban J connectivity index is 1.56. The molecule has 5 rings (SSSR count). The zero-order valence-electron chi connectivity index (χ0n) is 23.1. The van der Waals surface area contributed by atoms with Crippen LogP contribution in [-0.2, 0) is 9.59 Å². The molecule has 0 aliphatic carbocycles. The third-order valence-electron chi connectivity index (χ3n) is 7.28. The summed E-state index contributed by atoms with van der Waals surface area (Å²) in [6, 6.07) is 15.1. The van der Waals surface area contributed by atoms with Gasteiger partial charge in [-0.25, -0.2) is 4.98 Å². The highest BCUT2D eigenvalue weighted by molar-refractivity contribution is 7.80. The van der Waals surface area contributed by atoms with Crippen molar-refractivity contribution in [2.45, 2.75) is 12.8 Å². The fraction of sp³-hybridized carbons (Fsp3) is 0.333. The number of aromatic hydroxyl groups is 1. The second-order valence-electron chi connectivity index (χ2n) is 10.2. The molecule has 1 fully saturated rings. The number of phenols is 1.